The molecule has 4 rings (SSSR count). The zero-order valence-electron chi connectivity index (χ0n) is 19.2. The summed E-state index contributed by atoms with van der Waals surface area (Å²) in [5.74, 6) is 0.528. The smallest absolute Gasteiger partial charge is 0.422 e. The Hall–Kier alpha value is -4.04. The number of aliphatic hydroxyl groups excluding tert-OH is 1. The quantitative estimate of drug-likeness (QED) is 0.278. The molecule has 186 valence electrons. The van der Waals surface area contributed by atoms with E-state index in [9.17, 15) is 18.3 Å². The van der Waals surface area contributed by atoms with Crippen molar-refractivity contribution < 1.29 is 32.5 Å². The summed E-state index contributed by atoms with van der Waals surface area (Å²) in [4.78, 5) is 4.52. The molecule has 0 saturated heterocycles. The molecule has 5 nitrogen and oxygen atoms in total. The first-order valence-corrected chi connectivity index (χ1v) is 11.2. The van der Waals surface area contributed by atoms with E-state index >= 15 is 0 Å². The monoisotopic (exact) mass is 495 g/mol. The van der Waals surface area contributed by atoms with Crippen molar-refractivity contribution in [2.24, 2.45) is 0 Å². The number of rotatable bonds is 10. The standard InChI is InChI=1S/C28H24F3NO4/c29-28(30,31)19-36-25-15-22(11-12-23(25)16-33)24-13-14-26(34-17-20-7-3-1-4-8-20)32-27(24)35-18-21-9-5-2-6-10-21/h1-15,33H,16-19H2. The van der Waals surface area contributed by atoms with Gasteiger partial charge in [-0.1, -0.05) is 72.8 Å². The number of alkyl halides is 3. The second kappa shape index (κ2) is 11.6. The maximum absolute atomic E-state index is 12.7. The van der Waals surface area contributed by atoms with E-state index in [-0.39, 0.29) is 23.8 Å². The fourth-order valence-corrected chi connectivity index (χ4v) is 3.44. The van der Waals surface area contributed by atoms with Crippen LogP contribution in [-0.2, 0) is 19.8 Å². The van der Waals surface area contributed by atoms with E-state index in [1.807, 2.05) is 60.7 Å². The molecule has 1 N–H and O–H groups in total. The van der Waals surface area contributed by atoms with Crippen molar-refractivity contribution in [1.82, 2.24) is 4.98 Å². The van der Waals surface area contributed by atoms with Crippen LogP contribution in [0.1, 0.15) is 16.7 Å². The van der Waals surface area contributed by atoms with Crippen LogP contribution in [0.5, 0.6) is 17.5 Å². The summed E-state index contributed by atoms with van der Waals surface area (Å²) in [6.45, 7) is -1.39. The van der Waals surface area contributed by atoms with Gasteiger partial charge in [0.15, 0.2) is 6.61 Å². The summed E-state index contributed by atoms with van der Waals surface area (Å²) in [5, 5.41) is 9.55. The summed E-state index contributed by atoms with van der Waals surface area (Å²) in [6, 6.07) is 27.2. The van der Waals surface area contributed by atoms with Crippen LogP contribution >= 0.6 is 0 Å². The highest BCUT2D eigenvalue weighted by Gasteiger charge is 2.29. The predicted molar refractivity (Wildman–Crippen MR) is 129 cm³/mol. The van der Waals surface area contributed by atoms with Gasteiger partial charge < -0.3 is 19.3 Å². The number of halogens is 3. The van der Waals surface area contributed by atoms with Crippen molar-refractivity contribution in [2.45, 2.75) is 26.0 Å². The molecule has 0 spiro atoms. The number of hydrogen-bond donors (Lipinski definition) is 1. The van der Waals surface area contributed by atoms with Crippen molar-refractivity contribution in [3.63, 3.8) is 0 Å². The number of pyridine rings is 1. The summed E-state index contributed by atoms with van der Waals surface area (Å²) < 4.78 is 55.0. The molecule has 0 aliphatic heterocycles. The van der Waals surface area contributed by atoms with E-state index in [1.165, 1.54) is 12.1 Å². The summed E-state index contributed by atoms with van der Waals surface area (Å²) in [6.07, 6.45) is -4.51. The van der Waals surface area contributed by atoms with Crippen molar-refractivity contribution in [2.75, 3.05) is 6.61 Å². The lowest BCUT2D eigenvalue weighted by Gasteiger charge is -2.16. The number of ether oxygens (including phenoxy) is 3. The van der Waals surface area contributed by atoms with Gasteiger partial charge >= 0.3 is 6.18 Å². The lowest BCUT2D eigenvalue weighted by Crippen LogP contribution is -2.19. The maximum Gasteiger partial charge on any atom is 0.422 e. The predicted octanol–water partition coefficient (Wildman–Crippen LogP) is 6.34. The lowest BCUT2D eigenvalue weighted by molar-refractivity contribution is -0.153. The van der Waals surface area contributed by atoms with Crippen LogP contribution in [0.2, 0.25) is 0 Å². The molecular formula is C28H24F3NO4. The van der Waals surface area contributed by atoms with Gasteiger partial charge in [0.25, 0.3) is 0 Å². The normalized spacial score (nSPS) is 11.2. The van der Waals surface area contributed by atoms with Crippen molar-refractivity contribution in [1.29, 1.82) is 0 Å². The Balaban J connectivity index is 1.63. The number of aliphatic hydroxyl groups is 1. The van der Waals surface area contributed by atoms with Crippen molar-refractivity contribution in [3.8, 4) is 28.6 Å². The highest BCUT2D eigenvalue weighted by atomic mass is 19.4. The summed E-state index contributed by atoms with van der Waals surface area (Å²) in [5.41, 5.74) is 3.20. The van der Waals surface area contributed by atoms with Gasteiger partial charge in [-0.25, -0.2) is 0 Å². The van der Waals surface area contributed by atoms with Crippen LogP contribution in [0.3, 0.4) is 0 Å². The molecule has 3 aromatic carbocycles. The van der Waals surface area contributed by atoms with Gasteiger partial charge in [-0.2, -0.15) is 18.2 Å². The molecule has 0 bridgehead atoms. The van der Waals surface area contributed by atoms with Crippen LogP contribution < -0.4 is 14.2 Å². The Bertz CT molecular complexity index is 1270. The summed E-state index contributed by atoms with van der Waals surface area (Å²) in [7, 11) is 0. The molecule has 0 radical (unpaired) electrons. The minimum Gasteiger partial charge on any atom is -0.484 e. The second-order valence-electron chi connectivity index (χ2n) is 7.94. The van der Waals surface area contributed by atoms with Gasteiger partial charge in [0.1, 0.15) is 19.0 Å². The molecule has 1 aromatic heterocycles. The minimum atomic E-state index is -4.51. The number of nitrogens with zero attached hydrogens (tertiary/aromatic N) is 1. The first-order chi connectivity index (χ1) is 17.4. The maximum atomic E-state index is 12.7. The van der Waals surface area contributed by atoms with Crippen LogP contribution in [0, 0.1) is 0 Å². The molecule has 36 heavy (non-hydrogen) atoms. The Morgan fingerprint density at radius 1 is 0.722 bits per heavy atom. The van der Waals surface area contributed by atoms with E-state index in [0.717, 1.165) is 11.1 Å². The third-order valence-corrected chi connectivity index (χ3v) is 5.22. The largest absolute Gasteiger partial charge is 0.484 e. The van der Waals surface area contributed by atoms with Gasteiger partial charge in [-0.3, -0.25) is 0 Å². The van der Waals surface area contributed by atoms with Crippen LogP contribution in [0.25, 0.3) is 11.1 Å². The second-order valence-corrected chi connectivity index (χ2v) is 7.94. The van der Waals surface area contributed by atoms with E-state index in [1.54, 1.807) is 18.2 Å². The van der Waals surface area contributed by atoms with Gasteiger partial charge in [0.05, 0.1) is 6.61 Å². The van der Waals surface area contributed by atoms with Gasteiger partial charge in [-0.05, 0) is 28.8 Å². The number of aromatic nitrogens is 1. The first-order valence-electron chi connectivity index (χ1n) is 11.2. The lowest BCUT2D eigenvalue weighted by atomic mass is 10.0. The molecule has 0 saturated carbocycles. The van der Waals surface area contributed by atoms with E-state index < -0.39 is 19.4 Å². The topological polar surface area (TPSA) is 60.8 Å². The number of benzene rings is 3. The Labute approximate surface area is 206 Å². The SMILES string of the molecule is OCc1ccc(-c2ccc(OCc3ccccc3)nc2OCc2ccccc2)cc1OCC(F)(F)F. The third kappa shape index (κ3) is 6.99. The Kier molecular flexibility index (Phi) is 8.07. The molecule has 0 fully saturated rings. The Morgan fingerprint density at radius 3 is 1.97 bits per heavy atom. The molecule has 0 amide bonds. The Morgan fingerprint density at radius 2 is 1.36 bits per heavy atom. The van der Waals surface area contributed by atoms with E-state index in [4.69, 9.17) is 14.2 Å². The van der Waals surface area contributed by atoms with Gasteiger partial charge in [0, 0.05) is 17.2 Å². The minimum absolute atomic E-state index is 0.0641. The molecule has 1 heterocycles. The van der Waals surface area contributed by atoms with Crippen molar-refractivity contribution in [3.05, 3.63) is 108 Å². The van der Waals surface area contributed by atoms with Gasteiger partial charge in [-0.15, -0.1) is 0 Å². The fraction of sp³-hybridized carbons (Fsp3) is 0.179. The highest BCUT2D eigenvalue weighted by molar-refractivity contribution is 5.71. The van der Waals surface area contributed by atoms with E-state index in [2.05, 4.69) is 4.98 Å². The fourth-order valence-electron chi connectivity index (χ4n) is 3.44. The summed E-state index contributed by atoms with van der Waals surface area (Å²) >= 11 is 0. The van der Waals surface area contributed by atoms with E-state index in [0.29, 0.717) is 23.6 Å². The molecular weight excluding hydrogens is 471 g/mol. The molecule has 0 unspecified atom stereocenters. The van der Waals surface area contributed by atoms with Crippen molar-refractivity contribution >= 4 is 0 Å². The van der Waals surface area contributed by atoms with Crippen LogP contribution in [-0.4, -0.2) is 22.9 Å². The molecule has 8 heteroatoms. The van der Waals surface area contributed by atoms with Gasteiger partial charge in [0.2, 0.25) is 11.8 Å². The molecule has 0 aliphatic carbocycles. The average molecular weight is 495 g/mol. The zero-order valence-corrected chi connectivity index (χ0v) is 19.2. The molecule has 4 aromatic rings. The molecule has 0 aliphatic rings. The average Bonchev–Trinajstić information content (AvgIpc) is 2.90. The van der Waals surface area contributed by atoms with Crippen LogP contribution in [0.15, 0.2) is 91.0 Å². The van der Waals surface area contributed by atoms with Crippen LogP contribution in [0.4, 0.5) is 13.2 Å². The first kappa shape index (κ1) is 25.1. The highest BCUT2D eigenvalue weighted by Crippen LogP contribution is 2.35. The third-order valence-electron chi connectivity index (χ3n) is 5.22. The number of hydrogen-bond acceptors (Lipinski definition) is 5. The molecule has 0 atom stereocenters. The zero-order chi connectivity index (χ0) is 25.4.